The van der Waals surface area contributed by atoms with Crippen LogP contribution < -0.4 is 10.1 Å². The van der Waals surface area contributed by atoms with Gasteiger partial charge in [-0.15, -0.1) is 0 Å². The van der Waals surface area contributed by atoms with E-state index >= 15 is 0 Å². The van der Waals surface area contributed by atoms with Crippen LogP contribution >= 0.6 is 0 Å². The molecule has 0 saturated carbocycles. The minimum atomic E-state index is -0.0307. The molecule has 0 aliphatic rings. The first-order chi connectivity index (χ1) is 11.1. The van der Waals surface area contributed by atoms with Gasteiger partial charge in [-0.25, -0.2) is 0 Å². The van der Waals surface area contributed by atoms with Crippen LogP contribution in [0.25, 0.3) is 0 Å². The fraction of sp³-hybridized carbons (Fsp3) is 0.250. The second-order valence-corrected chi connectivity index (χ2v) is 5.25. The molecule has 0 aliphatic carbocycles. The van der Waals surface area contributed by atoms with E-state index in [4.69, 9.17) is 4.74 Å². The quantitative estimate of drug-likeness (QED) is 0.875. The largest absolute Gasteiger partial charge is 0.494 e. The molecule has 0 spiro atoms. The van der Waals surface area contributed by atoms with Gasteiger partial charge in [-0.3, -0.25) is 4.79 Å². The van der Waals surface area contributed by atoms with Crippen molar-refractivity contribution >= 4 is 5.91 Å². The molecule has 1 N–H and O–H groups in total. The van der Waals surface area contributed by atoms with Crippen molar-refractivity contribution in [2.75, 3.05) is 6.61 Å². The van der Waals surface area contributed by atoms with Gasteiger partial charge in [0, 0.05) is 18.1 Å². The van der Waals surface area contributed by atoms with Gasteiger partial charge in [-0.05, 0) is 55.8 Å². The van der Waals surface area contributed by atoms with Crippen molar-refractivity contribution in [2.45, 2.75) is 26.8 Å². The molecule has 0 bridgehead atoms. The molecule has 0 aromatic heterocycles. The van der Waals surface area contributed by atoms with Crippen LogP contribution in [0.5, 0.6) is 5.75 Å². The van der Waals surface area contributed by atoms with E-state index in [9.17, 15) is 4.79 Å². The van der Waals surface area contributed by atoms with Crippen molar-refractivity contribution < 1.29 is 9.53 Å². The zero-order chi connectivity index (χ0) is 16.7. The number of hydrogen-bond acceptors (Lipinski definition) is 2. The summed E-state index contributed by atoms with van der Waals surface area (Å²) in [6.07, 6.45) is 0. The van der Waals surface area contributed by atoms with Gasteiger partial charge in [0.2, 0.25) is 5.91 Å². The summed E-state index contributed by atoms with van der Waals surface area (Å²) in [4.78, 5) is 11.1. The third-order valence-corrected chi connectivity index (χ3v) is 3.35. The number of hydrogen-bond donors (Lipinski definition) is 1. The van der Waals surface area contributed by atoms with Crippen LogP contribution in [0.2, 0.25) is 0 Å². The molecule has 0 fully saturated rings. The fourth-order valence-corrected chi connectivity index (χ4v) is 2.19. The Labute approximate surface area is 137 Å². The van der Waals surface area contributed by atoms with Crippen LogP contribution in [0.15, 0.2) is 48.5 Å². The van der Waals surface area contributed by atoms with Crippen molar-refractivity contribution in [2.24, 2.45) is 0 Å². The van der Waals surface area contributed by atoms with Gasteiger partial charge in [0.05, 0.1) is 12.6 Å². The summed E-state index contributed by atoms with van der Waals surface area (Å²) in [5, 5.41) is 2.87. The molecule has 1 atom stereocenters. The summed E-state index contributed by atoms with van der Waals surface area (Å²) in [6.45, 7) is 6.10. The van der Waals surface area contributed by atoms with E-state index in [1.54, 1.807) is 0 Å². The Balaban J connectivity index is 2.05. The summed E-state index contributed by atoms with van der Waals surface area (Å²) in [6, 6.07) is 15.7. The van der Waals surface area contributed by atoms with Gasteiger partial charge in [0.1, 0.15) is 5.75 Å². The van der Waals surface area contributed by atoms with Gasteiger partial charge in [-0.1, -0.05) is 24.0 Å². The van der Waals surface area contributed by atoms with Crippen molar-refractivity contribution in [3.05, 3.63) is 65.2 Å². The molecule has 2 aromatic carbocycles. The van der Waals surface area contributed by atoms with Gasteiger partial charge in [-0.2, -0.15) is 0 Å². The van der Waals surface area contributed by atoms with E-state index in [1.807, 2.05) is 62.4 Å². The number of nitrogens with one attached hydrogen (secondary N) is 1. The van der Waals surface area contributed by atoms with Gasteiger partial charge in [0.15, 0.2) is 0 Å². The lowest BCUT2D eigenvalue weighted by Gasteiger charge is -2.12. The van der Waals surface area contributed by atoms with Crippen LogP contribution in [0.3, 0.4) is 0 Å². The predicted octanol–water partition coefficient (Wildman–Crippen LogP) is 3.68. The highest BCUT2D eigenvalue weighted by atomic mass is 16.5. The summed E-state index contributed by atoms with van der Waals surface area (Å²) in [5.74, 6) is 7.10. The van der Waals surface area contributed by atoms with E-state index < -0.39 is 0 Å². The maximum Gasteiger partial charge on any atom is 0.217 e. The zero-order valence-corrected chi connectivity index (χ0v) is 13.7. The van der Waals surface area contributed by atoms with E-state index in [-0.39, 0.29) is 11.9 Å². The average molecular weight is 307 g/mol. The summed E-state index contributed by atoms with van der Waals surface area (Å²) in [5.41, 5.74) is 2.95. The first-order valence-electron chi connectivity index (χ1n) is 7.70. The Hall–Kier alpha value is -2.73. The number of rotatable bonds is 4. The number of ether oxygens (including phenoxy) is 1. The number of carbonyl (C=O) groups is 1. The Morgan fingerprint density at radius 3 is 2.04 bits per heavy atom. The van der Waals surface area contributed by atoms with E-state index in [1.165, 1.54) is 6.92 Å². The summed E-state index contributed by atoms with van der Waals surface area (Å²) >= 11 is 0. The second-order valence-electron chi connectivity index (χ2n) is 5.25. The van der Waals surface area contributed by atoms with Crippen LogP contribution in [0.1, 0.15) is 43.5 Å². The first kappa shape index (κ1) is 16.6. The molecule has 0 aliphatic heterocycles. The Morgan fingerprint density at radius 2 is 1.57 bits per heavy atom. The maximum absolute atomic E-state index is 11.1. The lowest BCUT2D eigenvalue weighted by molar-refractivity contribution is -0.119. The van der Waals surface area contributed by atoms with Crippen molar-refractivity contribution in [1.29, 1.82) is 0 Å². The Kier molecular flexibility index (Phi) is 5.82. The summed E-state index contributed by atoms with van der Waals surface area (Å²) < 4.78 is 5.41. The minimum Gasteiger partial charge on any atom is -0.494 e. The molecule has 23 heavy (non-hydrogen) atoms. The highest BCUT2D eigenvalue weighted by Crippen LogP contribution is 2.14. The SMILES string of the molecule is CCOc1ccc(C#Cc2ccc(C(C)NC(C)=O)cc2)cc1. The standard InChI is InChI=1S/C20H21NO2/c1-4-23-20-13-9-18(10-14-20)6-5-17-7-11-19(12-8-17)15(2)21-16(3)22/h7-15H,4H2,1-3H3,(H,21,22). The average Bonchev–Trinajstić information content (AvgIpc) is 2.54. The smallest absolute Gasteiger partial charge is 0.217 e. The van der Waals surface area contributed by atoms with Gasteiger partial charge >= 0.3 is 0 Å². The van der Waals surface area contributed by atoms with Crippen molar-refractivity contribution in [1.82, 2.24) is 5.32 Å². The molecule has 118 valence electrons. The topological polar surface area (TPSA) is 38.3 Å². The molecular weight excluding hydrogens is 286 g/mol. The lowest BCUT2D eigenvalue weighted by atomic mass is 10.1. The van der Waals surface area contributed by atoms with Gasteiger partial charge < -0.3 is 10.1 Å². The molecule has 0 radical (unpaired) electrons. The predicted molar refractivity (Wildman–Crippen MR) is 92.3 cm³/mol. The normalized spacial score (nSPS) is 11.1. The van der Waals surface area contributed by atoms with Crippen LogP contribution in [-0.2, 0) is 4.79 Å². The number of benzene rings is 2. The molecule has 1 amide bonds. The Morgan fingerprint density at radius 1 is 1.04 bits per heavy atom. The van der Waals surface area contributed by atoms with Gasteiger partial charge in [0.25, 0.3) is 0 Å². The molecule has 0 heterocycles. The molecule has 0 saturated heterocycles. The van der Waals surface area contributed by atoms with Crippen molar-refractivity contribution in [3.63, 3.8) is 0 Å². The Bertz CT molecular complexity index is 706. The molecule has 2 rings (SSSR count). The minimum absolute atomic E-state index is 0.000573. The lowest BCUT2D eigenvalue weighted by Crippen LogP contribution is -2.23. The second kappa shape index (κ2) is 8.05. The maximum atomic E-state index is 11.1. The van der Waals surface area contributed by atoms with Crippen LogP contribution in [0, 0.1) is 11.8 Å². The first-order valence-corrected chi connectivity index (χ1v) is 7.70. The third-order valence-electron chi connectivity index (χ3n) is 3.35. The third kappa shape index (κ3) is 5.19. The highest BCUT2D eigenvalue weighted by molar-refractivity contribution is 5.73. The van der Waals surface area contributed by atoms with Crippen LogP contribution in [0.4, 0.5) is 0 Å². The molecule has 3 heteroatoms. The molecule has 2 aromatic rings. The molecule has 1 unspecified atom stereocenters. The number of amides is 1. The highest BCUT2D eigenvalue weighted by Gasteiger charge is 2.05. The monoisotopic (exact) mass is 307 g/mol. The van der Waals surface area contributed by atoms with E-state index in [0.717, 1.165) is 22.4 Å². The summed E-state index contributed by atoms with van der Waals surface area (Å²) in [7, 11) is 0. The molecular formula is C20H21NO2. The van der Waals surface area contributed by atoms with Crippen LogP contribution in [-0.4, -0.2) is 12.5 Å². The number of carbonyl (C=O) groups excluding carboxylic acids is 1. The molecule has 3 nitrogen and oxygen atoms in total. The van der Waals surface area contributed by atoms with E-state index in [2.05, 4.69) is 17.2 Å². The fourth-order valence-electron chi connectivity index (χ4n) is 2.19. The zero-order valence-electron chi connectivity index (χ0n) is 13.7. The van der Waals surface area contributed by atoms with E-state index in [0.29, 0.717) is 6.61 Å². The van der Waals surface area contributed by atoms with Crippen molar-refractivity contribution in [3.8, 4) is 17.6 Å².